The second-order valence-electron chi connectivity index (χ2n) is 2.97. The van der Waals surface area contributed by atoms with E-state index in [0.29, 0.717) is 0 Å². The highest BCUT2D eigenvalue weighted by atomic mass is 32.2. The Morgan fingerprint density at radius 3 is 2.50 bits per heavy atom. The van der Waals surface area contributed by atoms with Gasteiger partial charge in [0.2, 0.25) is 0 Å². The molecule has 0 aliphatic heterocycles. The number of Topliss-reactive ketones (excluding diaryl/α,β-unsaturated/α-hetero) is 1. The molecule has 0 bridgehead atoms. The molecule has 0 aliphatic carbocycles. The van der Waals surface area contributed by atoms with Crippen molar-refractivity contribution in [2.75, 3.05) is 0 Å². The van der Waals surface area contributed by atoms with Crippen molar-refractivity contribution in [2.45, 2.75) is 23.7 Å². The van der Waals surface area contributed by atoms with Crippen molar-refractivity contribution >= 4 is 17.5 Å². The summed E-state index contributed by atoms with van der Waals surface area (Å²) in [5, 5.41) is 0. The lowest BCUT2D eigenvalue weighted by atomic mass is 10.1. The minimum absolute atomic E-state index is 0.0526. The Balaban J connectivity index is 3.03. The van der Waals surface area contributed by atoms with Crippen LogP contribution >= 0.6 is 11.8 Å². The van der Waals surface area contributed by atoms with Crippen LogP contribution in [0, 0.1) is 5.82 Å². The van der Waals surface area contributed by atoms with Crippen LogP contribution in [0.5, 0.6) is 0 Å². The Morgan fingerprint density at radius 1 is 1.38 bits per heavy atom. The molecule has 0 heterocycles. The number of carbonyl (C=O) groups excluding carboxylic acids is 1. The third-order valence-corrected chi connectivity index (χ3v) is 2.51. The van der Waals surface area contributed by atoms with Gasteiger partial charge in [0.1, 0.15) is 5.82 Å². The van der Waals surface area contributed by atoms with Crippen LogP contribution in [0.3, 0.4) is 0 Å². The topological polar surface area (TPSA) is 17.1 Å². The second kappa shape index (κ2) is 4.86. The van der Waals surface area contributed by atoms with E-state index in [1.165, 1.54) is 6.92 Å². The van der Waals surface area contributed by atoms with Crippen LogP contribution in [0.2, 0.25) is 0 Å². The number of ketones is 1. The maximum atomic E-state index is 13.1. The van der Waals surface area contributed by atoms with Crippen LogP contribution in [-0.4, -0.2) is 11.3 Å². The van der Waals surface area contributed by atoms with Gasteiger partial charge in [-0.05, 0) is 30.0 Å². The molecule has 0 unspecified atom stereocenters. The number of hydrogen-bond acceptors (Lipinski definition) is 2. The SMILES string of the molecule is CCC(=O)c1cc(SC(F)(F)F)ccc1F. The average molecular weight is 252 g/mol. The van der Waals surface area contributed by atoms with E-state index in [1.807, 2.05) is 0 Å². The smallest absolute Gasteiger partial charge is 0.294 e. The van der Waals surface area contributed by atoms with Crippen LogP contribution in [-0.2, 0) is 0 Å². The molecule has 0 atom stereocenters. The number of rotatable bonds is 3. The fourth-order valence-electron chi connectivity index (χ4n) is 1.11. The van der Waals surface area contributed by atoms with Gasteiger partial charge in [-0.1, -0.05) is 6.92 Å². The summed E-state index contributed by atoms with van der Waals surface area (Å²) in [6.07, 6.45) is 0.0526. The van der Waals surface area contributed by atoms with E-state index in [4.69, 9.17) is 0 Å². The van der Waals surface area contributed by atoms with E-state index in [2.05, 4.69) is 0 Å². The standard InChI is InChI=1S/C10H8F4OS/c1-2-9(15)7-5-6(3-4-8(7)11)16-10(12,13)14/h3-5H,2H2,1H3. The lowest BCUT2D eigenvalue weighted by Crippen LogP contribution is -2.03. The summed E-state index contributed by atoms with van der Waals surface area (Å²) < 4.78 is 49.3. The maximum Gasteiger partial charge on any atom is 0.446 e. The summed E-state index contributed by atoms with van der Waals surface area (Å²) in [7, 11) is 0. The van der Waals surface area contributed by atoms with Crippen molar-refractivity contribution in [3.63, 3.8) is 0 Å². The molecule has 1 rings (SSSR count). The average Bonchev–Trinajstić information content (AvgIpc) is 2.18. The second-order valence-corrected chi connectivity index (χ2v) is 4.10. The molecule has 88 valence electrons. The van der Waals surface area contributed by atoms with Crippen LogP contribution in [0.25, 0.3) is 0 Å². The van der Waals surface area contributed by atoms with Crippen LogP contribution in [0.4, 0.5) is 17.6 Å². The summed E-state index contributed by atoms with van der Waals surface area (Å²) >= 11 is -0.367. The summed E-state index contributed by atoms with van der Waals surface area (Å²) in [6.45, 7) is 1.52. The molecule has 0 saturated carbocycles. The van der Waals surface area contributed by atoms with Gasteiger partial charge in [-0.3, -0.25) is 4.79 Å². The van der Waals surface area contributed by atoms with E-state index in [9.17, 15) is 22.4 Å². The van der Waals surface area contributed by atoms with Gasteiger partial charge < -0.3 is 0 Å². The Bertz CT molecular complexity index is 400. The highest BCUT2D eigenvalue weighted by molar-refractivity contribution is 8.00. The van der Waals surface area contributed by atoms with Crippen molar-refractivity contribution in [1.29, 1.82) is 0 Å². The minimum atomic E-state index is -4.44. The van der Waals surface area contributed by atoms with Crippen molar-refractivity contribution in [3.8, 4) is 0 Å². The fraction of sp³-hybridized carbons (Fsp3) is 0.300. The molecule has 0 spiro atoms. The molecule has 0 fully saturated rings. The predicted molar refractivity (Wildman–Crippen MR) is 52.9 cm³/mol. The molecule has 0 amide bonds. The lowest BCUT2D eigenvalue weighted by Gasteiger charge is -2.07. The summed E-state index contributed by atoms with van der Waals surface area (Å²) in [5.74, 6) is -1.31. The van der Waals surface area contributed by atoms with Crippen molar-refractivity contribution in [2.24, 2.45) is 0 Å². The van der Waals surface area contributed by atoms with Gasteiger partial charge in [-0.15, -0.1) is 0 Å². The molecule has 0 N–H and O–H groups in total. The van der Waals surface area contributed by atoms with Crippen LogP contribution in [0.15, 0.2) is 23.1 Å². The highest BCUT2D eigenvalue weighted by Gasteiger charge is 2.29. The summed E-state index contributed by atoms with van der Waals surface area (Å²) in [6, 6.07) is 2.80. The molecule has 1 aromatic rings. The Morgan fingerprint density at radius 2 is 2.00 bits per heavy atom. The quantitative estimate of drug-likeness (QED) is 0.459. The minimum Gasteiger partial charge on any atom is -0.294 e. The number of benzene rings is 1. The first-order valence-corrected chi connectivity index (χ1v) is 5.23. The molecular weight excluding hydrogens is 244 g/mol. The van der Waals surface area contributed by atoms with E-state index < -0.39 is 17.1 Å². The first-order valence-electron chi connectivity index (χ1n) is 4.42. The van der Waals surface area contributed by atoms with E-state index in [-0.39, 0.29) is 28.6 Å². The molecule has 0 aromatic heterocycles. The first kappa shape index (κ1) is 13.0. The van der Waals surface area contributed by atoms with Crippen LogP contribution < -0.4 is 0 Å². The molecule has 0 radical (unpaired) electrons. The van der Waals surface area contributed by atoms with Crippen LogP contribution in [0.1, 0.15) is 23.7 Å². The Hall–Kier alpha value is -1.04. The van der Waals surface area contributed by atoms with Crippen molar-refractivity contribution in [3.05, 3.63) is 29.6 Å². The van der Waals surface area contributed by atoms with Gasteiger partial charge in [-0.2, -0.15) is 13.2 Å². The predicted octanol–water partition coefficient (Wildman–Crippen LogP) is 4.03. The van der Waals surface area contributed by atoms with E-state index >= 15 is 0 Å². The zero-order valence-electron chi connectivity index (χ0n) is 8.27. The van der Waals surface area contributed by atoms with Gasteiger partial charge >= 0.3 is 5.51 Å². The molecule has 1 nitrogen and oxygen atoms in total. The zero-order chi connectivity index (χ0) is 12.3. The molecule has 6 heteroatoms. The molecule has 0 saturated heterocycles. The highest BCUT2D eigenvalue weighted by Crippen LogP contribution is 2.37. The van der Waals surface area contributed by atoms with Crippen molar-refractivity contribution in [1.82, 2.24) is 0 Å². The molecule has 16 heavy (non-hydrogen) atoms. The Kier molecular flexibility index (Phi) is 3.96. The van der Waals surface area contributed by atoms with Gasteiger partial charge in [0, 0.05) is 11.3 Å². The monoisotopic (exact) mass is 252 g/mol. The molecule has 0 aliphatic rings. The first-order chi connectivity index (χ1) is 7.33. The summed E-state index contributed by atoms with van der Waals surface area (Å²) in [5.41, 5.74) is -4.73. The third kappa shape index (κ3) is 3.52. The van der Waals surface area contributed by atoms with Gasteiger partial charge in [0.25, 0.3) is 0 Å². The molecular formula is C10H8F4OS. The van der Waals surface area contributed by atoms with Gasteiger partial charge in [0.05, 0.1) is 5.56 Å². The molecule has 1 aromatic carbocycles. The third-order valence-electron chi connectivity index (χ3n) is 1.79. The van der Waals surface area contributed by atoms with Crippen molar-refractivity contribution < 1.29 is 22.4 Å². The van der Waals surface area contributed by atoms with E-state index in [0.717, 1.165) is 18.2 Å². The maximum absolute atomic E-state index is 13.1. The van der Waals surface area contributed by atoms with Gasteiger partial charge in [0.15, 0.2) is 5.78 Å². The zero-order valence-corrected chi connectivity index (χ0v) is 9.08. The van der Waals surface area contributed by atoms with Gasteiger partial charge in [-0.25, -0.2) is 4.39 Å². The van der Waals surface area contributed by atoms with E-state index in [1.54, 1.807) is 0 Å². The number of alkyl halides is 3. The number of halogens is 4. The fourth-order valence-corrected chi connectivity index (χ4v) is 1.69. The normalized spacial score (nSPS) is 11.6. The summed E-state index contributed by atoms with van der Waals surface area (Å²) in [4.78, 5) is 11.0. The number of carbonyl (C=O) groups is 1. The number of thioether (sulfide) groups is 1. The Labute approximate surface area is 93.8 Å². The number of hydrogen-bond donors (Lipinski definition) is 0. The largest absolute Gasteiger partial charge is 0.446 e. The lowest BCUT2D eigenvalue weighted by molar-refractivity contribution is -0.0328.